The summed E-state index contributed by atoms with van der Waals surface area (Å²) in [7, 11) is 1.61. The predicted octanol–water partition coefficient (Wildman–Crippen LogP) is 1.32. The van der Waals surface area contributed by atoms with E-state index in [1.165, 1.54) is 6.26 Å². The lowest BCUT2D eigenvalue weighted by Crippen LogP contribution is -2.51. The van der Waals surface area contributed by atoms with E-state index in [0.29, 0.717) is 44.9 Å². The first-order chi connectivity index (χ1) is 14.1. The first-order valence-corrected chi connectivity index (χ1v) is 9.57. The Bertz CT molecular complexity index is 842. The molecule has 0 aliphatic carbocycles. The molecular weight excluding hydrogens is 374 g/mol. The van der Waals surface area contributed by atoms with Gasteiger partial charge in [-0.05, 0) is 36.2 Å². The van der Waals surface area contributed by atoms with Crippen LogP contribution in [0.25, 0.3) is 0 Å². The third kappa shape index (κ3) is 5.60. The number of benzene rings is 1. The van der Waals surface area contributed by atoms with Gasteiger partial charge in [-0.1, -0.05) is 12.1 Å². The van der Waals surface area contributed by atoms with Crippen LogP contribution < -0.4 is 10.1 Å². The zero-order valence-electron chi connectivity index (χ0n) is 16.4. The van der Waals surface area contributed by atoms with Gasteiger partial charge in [0.25, 0.3) is 5.91 Å². The zero-order chi connectivity index (χ0) is 20.6. The van der Waals surface area contributed by atoms with Crippen LogP contribution in [0.2, 0.25) is 0 Å². The number of hydrogen-bond donors (Lipinski definition) is 1. The molecular formula is C21H25N3O5. The SMILES string of the molecule is COc1cccc(CCNC(=O)CC(=O)N2CCN(C(=O)c3ccco3)CC2)c1. The van der Waals surface area contributed by atoms with Crippen LogP contribution >= 0.6 is 0 Å². The quantitative estimate of drug-likeness (QED) is 0.709. The highest BCUT2D eigenvalue weighted by Crippen LogP contribution is 2.13. The number of carbonyl (C=O) groups is 3. The Labute approximate surface area is 169 Å². The average molecular weight is 399 g/mol. The highest BCUT2D eigenvalue weighted by Gasteiger charge is 2.26. The normalized spacial score (nSPS) is 13.8. The molecule has 8 heteroatoms. The molecule has 1 aromatic carbocycles. The molecule has 0 bridgehead atoms. The number of hydrogen-bond acceptors (Lipinski definition) is 5. The fourth-order valence-corrected chi connectivity index (χ4v) is 3.20. The standard InChI is InChI=1S/C21H25N3O5/c1-28-17-5-2-4-16(14-17)7-8-22-19(25)15-20(26)23-9-11-24(12-10-23)21(27)18-6-3-13-29-18/h2-6,13-14H,7-12,15H2,1H3,(H,22,25). The molecule has 0 saturated carbocycles. The Morgan fingerprint density at radius 1 is 1.07 bits per heavy atom. The summed E-state index contributed by atoms with van der Waals surface area (Å²) in [6.45, 7) is 2.10. The van der Waals surface area contributed by atoms with Gasteiger partial charge in [0, 0.05) is 32.7 Å². The number of rotatable bonds is 7. The lowest BCUT2D eigenvalue weighted by molar-refractivity contribution is -0.137. The molecule has 0 spiro atoms. The smallest absolute Gasteiger partial charge is 0.289 e. The first-order valence-electron chi connectivity index (χ1n) is 9.57. The van der Waals surface area contributed by atoms with E-state index in [0.717, 1.165) is 11.3 Å². The maximum absolute atomic E-state index is 12.4. The summed E-state index contributed by atoms with van der Waals surface area (Å²) in [6.07, 6.45) is 1.93. The molecule has 2 aromatic rings. The lowest BCUT2D eigenvalue weighted by Gasteiger charge is -2.34. The average Bonchev–Trinajstić information content (AvgIpc) is 3.28. The summed E-state index contributed by atoms with van der Waals surface area (Å²) in [4.78, 5) is 39.9. The van der Waals surface area contributed by atoms with Gasteiger partial charge in [-0.3, -0.25) is 14.4 Å². The molecule has 0 atom stereocenters. The summed E-state index contributed by atoms with van der Waals surface area (Å²) in [5, 5.41) is 2.78. The van der Waals surface area contributed by atoms with E-state index in [1.807, 2.05) is 24.3 Å². The third-order valence-corrected chi connectivity index (χ3v) is 4.83. The van der Waals surface area contributed by atoms with Crippen LogP contribution in [0.4, 0.5) is 0 Å². The highest BCUT2D eigenvalue weighted by atomic mass is 16.5. The van der Waals surface area contributed by atoms with Gasteiger partial charge in [0.05, 0.1) is 13.4 Å². The fraction of sp³-hybridized carbons (Fsp3) is 0.381. The number of piperazine rings is 1. The van der Waals surface area contributed by atoms with Crippen LogP contribution in [0, 0.1) is 0 Å². The van der Waals surface area contributed by atoms with Gasteiger partial charge in [-0.2, -0.15) is 0 Å². The van der Waals surface area contributed by atoms with Crippen molar-refractivity contribution in [3.8, 4) is 5.75 Å². The van der Waals surface area contributed by atoms with Crippen LogP contribution in [0.5, 0.6) is 5.75 Å². The Morgan fingerprint density at radius 2 is 1.83 bits per heavy atom. The Balaban J connectivity index is 1.37. The van der Waals surface area contributed by atoms with E-state index in [4.69, 9.17) is 9.15 Å². The fourth-order valence-electron chi connectivity index (χ4n) is 3.20. The van der Waals surface area contributed by atoms with Gasteiger partial charge in [0.1, 0.15) is 12.2 Å². The second kappa shape index (κ2) is 9.77. The largest absolute Gasteiger partial charge is 0.497 e. The van der Waals surface area contributed by atoms with Gasteiger partial charge in [0.15, 0.2) is 5.76 Å². The molecule has 0 unspecified atom stereocenters. The zero-order valence-corrected chi connectivity index (χ0v) is 16.4. The number of methoxy groups -OCH3 is 1. The van der Waals surface area contributed by atoms with Crippen molar-refractivity contribution in [1.82, 2.24) is 15.1 Å². The molecule has 1 aliphatic heterocycles. The van der Waals surface area contributed by atoms with E-state index < -0.39 is 0 Å². The minimum absolute atomic E-state index is 0.183. The highest BCUT2D eigenvalue weighted by molar-refractivity contribution is 5.97. The maximum Gasteiger partial charge on any atom is 0.289 e. The van der Waals surface area contributed by atoms with Crippen LogP contribution in [0.15, 0.2) is 47.1 Å². The monoisotopic (exact) mass is 399 g/mol. The Hall–Kier alpha value is -3.29. The van der Waals surface area contributed by atoms with Gasteiger partial charge in [-0.25, -0.2) is 0 Å². The molecule has 1 aromatic heterocycles. The molecule has 3 amide bonds. The van der Waals surface area contributed by atoms with E-state index in [-0.39, 0.29) is 24.1 Å². The number of ether oxygens (including phenoxy) is 1. The third-order valence-electron chi connectivity index (χ3n) is 4.83. The minimum atomic E-state index is -0.299. The van der Waals surface area contributed by atoms with E-state index in [1.54, 1.807) is 29.0 Å². The van der Waals surface area contributed by atoms with Crippen molar-refractivity contribution in [1.29, 1.82) is 0 Å². The molecule has 1 N–H and O–H groups in total. The van der Waals surface area contributed by atoms with Crippen molar-refractivity contribution >= 4 is 17.7 Å². The molecule has 1 fully saturated rings. The van der Waals surface area contributed by atoms with Gasteiger partial charge < -0.3 is 24.3 Å². The van der Waals surface area contributed by atoms with Gasteiger partial charge >= 0.3 is 0 Å². The number of furan rings is 1. The summed E-state index contributed by atoms with van der Waals surface area (Å²) in [5.41, 5.74) is 1.05. The van der Waals surface area contributed by atoms with Crippen molar-refractivity contribution in [2.75, 3.05) is 39.8 Å². The van der Waals surface area contributed by atoms with Crippen LogP contribution in [0.3, 0.4) is 0 Å². The summed E-state index contributed by atoms with van der Waals surface area (Å²) in [6, 6.07) is 10.9. The molecule has 0 radical (unpaired) electrons. The topological polar surface area (TPSA) is 92.1 Å². The Kier molecular flexibility index (Phi) is 6.89. The Morgan fingerprint density at radius 3 is 2.52 bits per heavy atom. The molecule has 1 aliphatic rings. The molecule has 3 rings (SSSR count). The summed E-state index contributed by atoms with van der Waals surface area (Å²) < 4.78 is 10.3. The number of nitrogens with one attached hydrogen (secondary N) is 1. The molecule has 29 heavy (non-hydrogen) atoms. The predicted molar refractivity (Wildman–Crippen MR) is 106 cm³/mol. The second-order valence-electron chi connectivity index (χ2n) is 6.78. The molecule has 8 nitrogen and oxygen atoms in total. The second-order valence-corrected chi connectivity index (χ2v) is 6.78. The number of carbonyl (C=O) groups excluding carboxylic acids is 3. The molecule has 154 valence electrons. The summed E-state index contributed by atoms with van der Waals surface area (Å²) in [5.74, 6) is 0.354. The van der Waals surface area contributed by atoms with Crippen LogP contribution in [-0.2, 0) is 16.0 Å². The van der Waals surface area contributed by atoms with E-state index >= 15 is 0 Å². The van der Waals surface area contributed by atoms with Gasteiger partial charge in [0.2, 0.25) is 11.8 Å². The van der Waals surface area contributed by atoms with Gasteiger partial charge in [-0.15, -0.1) is 0 Å². The lowest BCUT2D eigenvalue weighted by atomic mass is 10.1. The van der Waals surface area contributed by atoms with Crippen LogP contribution in [-0.4, -0.2) is 67.4 Å². The van der Waals surface area contributed by atoms with Crippen molar-refractivity contribution in [3.63, 3.8) is 0 Å². The van der Waals surface area contributed by atoms with E-state index in [2.05, 4.69) is 5.32 Å². The number of amides is 3. The van der Waals surface area contributed by atoms with Crippen molar-refractivity contribution in [2.45, 2.75) is 12.8 Å². The number of nitrogens with zero attached hydrogens (tertiary/aromatic N) is 2. The summed E-state index contributed by atoms with van der Waals surface area (Å²) >= 11 is 0. The minimum Gasteiger partial charge on any atom is -0.497 e. The van der Waals surface area contributed by atoms with E-state index in [9.17, 15) is 14.4 Å². The molecule has 1 saturated heterocycles. The maximum atomic E-state index is 12.4. The van der Waals surface area contributed by atoms with Crippen molar-refractivity contribution in [2.24, 2.45) is 0 Å². The van der Waals surface area contributed by atoms with Crippen molar-refractivity contribution < 1.29 is 23.5 Å². The van der Waals surface area contributed by atoms with Crippen LogP contribution in [0.1, 0.15) is 22.5 Å². The molecule has 2 heterocycles. The van der Waals surface area contributed by atoms with Crippen molar-refractivity contribution in [3.05, 3.63) is 54.0 Å². The first kappa shape index (κ1) is 20.4.